The quantitative estimate of drug-likeness (QED) is 0.0616. The fourth-order valence-electron chi connectivity index (χ4n) is 8.71. The Bertz CT molecular complexity index is 2120. The van der Waals surface area contributed by atoms with Crippen LogP contribution in [0.5, 0.6) is 5.75 Å². The molecular weight excluding hydrogens is 1010 g/mol. The van der Waals surface area contributed by atoms with E-state index in [0.29, 0.717) is 50.2 Å². The number of amides is 6. The van der Waals surface area contributed by atoms with Crippen LogP contribution in [0.2, 0.25) is 0 Å². The molecule has 0 radical (unpaired) electrons. The van der Waals surface area contributed by atoms with Gasteiger partial charge in [-0.05, 0) is 96.5 Å². The standard InChI is InChI=1S/C57H95N7O14/c1-18-35(7)47(60-51(68)42(63(14)15)25-27-46-75-28-29-76-46)54(71)64(16)43(31-38-20-23-40(24-21-38)78-57(10,11)12)52(69)61-48(36(8)19-2)56(73)77-37(9)49(53(70)59-41(30-33(3)4)55(72)74-17)62-50(67)39(22-26-45(66)58-13)32-44(65)34(5)6/h20-21,23-24,33-37,39,41-43,46-49H,18-19,22,25-32H2,1-17H3,(H,58,66)(H,59,70)(H,60,68)(H,61,69)(H,62,67)/t35-,36-,37+,39+,41-,42-,43-,47-,48-,49-/m0/s1. The van der Waals surface area contributed by atoms with Crippen molar-refractivity contribution in [1.29, 1.82) is 0 Å². The van der Waals surface area contributed by atoms with Crippen LogP contribution in [-0.2, 0) is 68.5 Å². The van der Waals surface area contributed by atoms with E-state index in [4.69, 9.17) is 23.7 Å². The molecule has 6 amide bonds. The summed E-state index contributed by atoms with van der Waals surface area (Å²) in [6, 6.07) is -0.0647. The van der Waals surface area contributed by atoms with E-state index in [1.54, 1.807) is 71.0 Å². The van der Waals surface area contributed by atoms with Crippen molar-refractivity contribution in [1.82, 2.24) is 36.4 Å². The van der Waals surface area contributed by atoms with Crippen molar-refractivity contribution >= 4 is 53.2 Å². The Balaban J connectivity index is 2.67. The van der Waals surface area contributed by atoms with Crippen LogP contribution in [0.15, 0.2) is 24.3 Å². The number of hydrogen-bond acceptors (Lipinski definition) is 15. The number of nitrogens with one attached hydrogen (secondary N) is 5. The van der Waals surface area contributed by atoms with Gasteiger partial charge in [-0.2, -0.15) is 0 Å². The molecule has 1 aliphatic heterocycles. The van der Waals surface area contributed by atoms with E-state index in [-0.39, 0.29) is 61.5 Å². The van der Waals surface area contributed by atoms with Crippen LogP contribution >= 0.6 is 0 Å². The van der Waals surface area contributed by atoms with Crippen LogP contribution in [0.4, 0.5) is 0 Å². The van der Waals surface area contributed by atoms with Crippen LogP contribution in [0.1, 0.15) is 140 Å². The lowest BCUT2D eigenvalue weighted by molar-refractivity contribution is -0.158. The molecule has 5 N–H and O–H groups in total. The molecule has 78 heavy (non-hydrogen) atoms. The second kappa shape index (κ2) is 33.0. The molecule has 1 aromatic rings. The van der Waals surface area contributed by atoms with Gasteiger partial charge in [0.1, 0.15) is 53.4 Å². The number of esters is 2. The van der Waals surface area contributed by atoms with E-state index in [9.17, 15) is 38.4 Å². The highest BCUT2D eigenvalue weighted by atomic mass is 16.7. The maximum Gasteiger partial charge on any atom is 0.329 e. The highest BCUT2D eigenvalue weighted by Gasteiger charge is 2.41. The fourth-order valence-corrected chi connectivity index (χ4v) is 8.71. The maximum absolute atomic E-state index is 15.0. The van der Waals surface area contributed by atoms with E-state index < -0.39 is 108 Å². The van der Waals surface area contributed by atoms with Gasteiger partial charge in [0.05, 0.1) is 26.4 Å². The predicted octanol–water partition coefficient (Wildman–Crippen LogP) is 4.26. The molecule has 0 spiro atoms. The van der Waals surface area contributed by atoms with E-state index in [1.807, 2.05) is 48.5 Å². The molecule has 2 rings (SSSR count). The Hall–Kier alpha value is -5.67. The van der Waals surface area contributed by atoms with Crippen molar-refractivity contribution in [2.45, 2.75) is 195 Å². The van der Waals surface area contributed by atoms with Crippen molar-refractivity contribution in [3.8, 4) is 5.75 Å². The van der Waals surface area contributed by atoms with E-state index in [1.165, 1.54) is 33.0 Å². The summed E-state index contributed by atoms with van der Waals surface area (Å²) in [6.07, 6.45) is -0.476. The smallest absolute Gasteiger partial charge is 0.329 e. The van der Waals surface area contributed by atoms with Gasteiger partial charge in [-0.3, -0.25) is 38.5 Å². The number of carbonyl (C=O) groups excluding carboxylic acids is 9. The minimum atomic E-state index is -1.66. The molecule has 21 nitrogen and oxygen atoms in total. The summed E-state index contributed by atoms with van der Waals surface area (Å²) in [7, 11) is 7.63. The average Bonchev–Trinajstić information content (AvgIpc) is 3.91. The Labute approximate surface area is 463 Å². The molecule has 0 unspecified atom stereocenters. The second-order valence-corrected chi connectivity index (χ2v) is 22.6. The van der Waals surface area contributed by atoms with E-state index >= 15 is 4.79 Å². The van der Waals surface area contributed by atoms with Crippen molar-refractivity contribution in [3.63, 3.8) is 0 Å². The molecule has 1 saturated heterocycles. The number of nitrogens with zero attached hydrogens (tertiary/aromatic N) is 2. The first-order valence-electron chi connectivity index (χ1n) is 27.7. The van der Waals surface area contributed by atoms with E-state index in [0.717, 1.165) is 0 Å². The SMILES string of the molecule is CC[C@H](C)[C@H](NC(=O)[C@H](Cc1ccc(OC(C)(C)C)cc1)N(C)C(=O)[C@@H](NC(=O)[C@H](CCC1OCCO1)N(C)C)[C@@H](C)CC)C(=O)O[C@H](C)[C@H](NC(=O)[C@H](CCC(=O)NC)CC(=O)C(C)C)C(=O)N[C@@H](CC(C)C)C(=O)OC. The Morgan fingerprint density at radius 1 is 0.705 bits per heavy atom. The van der Waals surface area contributed by atoms with Crippen molar-refractivity contribution in [3.05, 3.63) is 29.8 Å². The molecular formula is C57H95N7O14. The third-order valence-electron chi connectivity index (χ3n) is 14.1. The summed E-state index contributed by atoms with van der Waals surface area (Å²) in [6.45, 7) is 22.3. The van der Waals surface area contributed by atoms with E-state index in [2.05, 4.69) is 26.6 Å². The lowest BCUT2D eigenvalue weighted by Crippen LogP contribution is -2.61. The molecule has 0 aromatic heterocycles. The van der Waals surface area contributed by atoms with Gasteiger partial charge in [-0.25, -0.2) is 9.59 Å². The summed E-state index contributed by atoms with van der Waals surface area (Å²) in [5.74, 6) is -7.67. The summed E-state index contributed by atoms with van der Waals surface area (Å²) in [5, 5.41) is 13.7. The lowest BCUT2D eigenvalue weighted by atomic mass is 9.91. The highest BCUT2D eigenvalue weighted by Crippen LogP contribution is 2.24. The van der Waals surface area contributed by atoms with Gasteiger partial charge in [0, 0.05) is 51.6 Å². The van der Waals surface area contributed by atoms with Gasteiger partial charge >= 0.3 is 11.9 Å². The third kappa shape index (κ3) is 22.6. The highest BCUT2D eigenvalue weighted by molar-refractivity contribution is 5.96. The summed E-state index contributed by atoms with van der Waals surface area (Å²) >= 11 is 0. The van der Waals surface area contributed by atoms with Crippen LogP contribution in [-0.4, -0.2) is 166 Å². The first-order valence-corrected chi connectivity index (χ1v) is 27.7. The molecule has 1 aliphatic rings. The van der Waals surface area contributed by atoms with Gasteiger partial charge in [0.25, 0.3) is 0 Å². The summed E-state index contributed by atoms with van der Waals surface area (Å²) in [5.41, 5.74) is 0.155. The number of likely N-dealkylation sites (N-methyl/N-ethyl adjacent to an activating group) is 2. The molecule has 10 atom stereocenters. The fraction of sp³-hybridized carbons (Fsp3) is 0.737. The van der Waals surface area contributed by atoms with Crippen molar-refractivity contribution in [2.24, 2.45) is 29.6 Å². The van der Waals surface area contributed by atoms with Crippen LogP contribution in [0.25, 0.3) is 0 Å². The minimum absolute atomic E-state index is 0.0299. The number of benzene rings is 1. The van der Waals surface area contributed by atoms with Gasteiger partial charge < -0.3 is 55.2 Å². The molecule has 0 saturated carbocycles. The molecule has 442 valence electrons. The number of rotatable bonds is 33. The van der Waals surface area contributed by atoms with Crippen LogP contribution in [0, 0.1) is 29.6 Å². The van der Waals surface area contributed by atoms with Gasteiger partial charge in [0.15, 0.2) is 6.29 Å². The maximum atomic E-state index is 15.0. The topological polar surface area (TPSA) is 266 Å². The number of carbonyl (C=O) groups is 9. The monoisotopic (exact) mass is 1100 g/mol. The van der Waals surface area contributed by atoms with Crippen molar-refractivity contribution in [2.75, 3.05) is 48.5 Å². The number of Topliss-reactive ketones (excluding diaryl/α,β-unsaturated/α-hetero) is 1. The molecule has 0 bridgehead atoms. The Morgan fingerprint density at radius 3 is 1.77 bits per heavy atom. The molecule has 1 heterocycles. The average molecular weight is 1100 g/mol. The molecule has 1 aromatic carbocycles. The van der Waals surface area contributed by atoms with Crippen molar-refractivity contribution < 1.29 is 66.8 Å². The molecule has 0 aliphatic carbocycles. The number of hydrogen-bond donors (Lipinski definition) is 5. The summed E-state index contributed by atoms with van der Waals surface area (Å²) < 4.78 is 28.3. The number of ketones is 1. The van der Waals surface area contributed by atoms with Gasteiger partial charge in [-0.1, -0.05) is 80.4 Å². The van der Waals surface area contributed by atoms with Crippen LogP contribution in [0.3, 0.4) is 0 Å². The zero-order valence-corrected chi connectivity index (χ0v) is 49.7. The summed E-state index contributed by atoms with van der Waals surface area (Å²) in [4.78, 5) is 129. The molecule has 1 fully saturated rings. The Kier molecular flexibility index (Phi) is 29.0. The number of methoxy groups -OCH3 is 1. The first kappa shape index (κ1) is 68.4. The lowest BCUT2D eigenvalue weighted by Gasteiger charge is -2.35. The minimum Gasteiger partial charge on any atom is -0.488 e. The van der Waals surface area contributed by atoms with Gasteiger partial charge in [0.2, 0.25) is 35.4 Å². The van der Waals surface area contributed by atoms with Gasteiger partial charge in [-0.15, -0.1) is 0 Å². The zero-order chi connectivity index (χ0) is 59.2. The Morgan fingerprint density at radius 2 is 1.26 bits per heavy atom. The first-order chi connectivity index (χ1) is 36.5. The van der Waals surface area contributed by atoms with Crippen LogP contribution < -0.4 is 31.3 Å². The molecule has 21 heteroatoms. The second-order valence-electron chi connectivity index (χ2n) is 22.6. The number of ether oxygens (including phenoxy) is 5. The third-order valence-corrected chi connectivity index (χ3v) is 14.1. The normalized spacial score (nSPS) is 16.8. The largest absolute Gasteiger partial charge is 0.488 e. The predicted molar refractivity (Wildman–Crippen MR) is 294 cm³/mol. The zero-order valence-electron chi connectivity index (χ0n) is 49.7.